The molecule has 0 bridgehead atoms. The maximum Gasteiger partial charge on any atom is 0.406 e. The first-order valence-corrected chi connectivity index (χ1v) is 6.44. The van der Waals surface area contributed by atoms with Crippen molar-refractivity contribution in [3.8, 4) is 0 Å². The van der Waals surface area contributed by atoms with E-state index in [0.29, 0.717) is 5.69 Å². The second-order valence-corrected chi connectivity index (χ2v) is 5.17. The molecule has 0 saturated heterocycles. The van der Waals surface area contributed by atoms with E-state index in [4.69, 9.17) is 0 Å². The van der Waals surface area contributed by atoms with Gasteiger partial charge in [0.2, 0.25) is 0 Å². The van der Waals surface area contributed by atoms with Crippen LogP contribution in [0.4, 0.5) is 13.2 Å². The average Bonchev–Trinajstić information content (AvgIpc) is 3.18. The average molecular weight is 287 g/mol. The van der Waals surface area contributed by atoms with Gasteiger partial charge in [0.25, 0.3) is 5.91 Å². The Labute approximate surface area is 115 Å². The molecular formula is C13H16F3N3O. The third kappa shape index (κ3) is 3.68. The number of carbonyl (C=O) groups is 1. The molecular weight excluding hydrogens is 271 g/mol. The Morgan fingerprint density at radius 1 is 1.40 bits per heavy atom. The molecule has 0 radical (unpaired) electrons. The molecule has 0 N–H and O–H groups in total. The van der Waals surface area contributed by atoms with Crippen molar-refractivity contribution >= 4 is 5.91 Å². The van der Waals surface area contributed by atoms with Gasteiger partial charge >= 0.3 is 6.18 Å². The van der Waals surface area contributed by atoms with Crippen LogP contribution in [-0.4, -0.2) is 39.5 Å². The third-order valence-electron chi connectivity index (χ3n) is 3.41. The second-order valence-electron chi connectivity index (χ2n) is 5.17. The normalized spacial score (nSPS) is 16.9. The van der Waals surface area contributed by atoms with Gasteiger partial charge in [0.1, 0.15) is 12.2 Å². The highest BCUT2D eigenvalue weighted by Crippen LogP contribution is 2.36. The molecule has 1 aromatic heterocycles. The molecule has 1 aliphatic carbocycles. The Bertz CT molecular complexity index is 483. The summed E-state index contributed by atoms with van der Waals surface area (Å²) in [5, 5.41) is 0. The smallest absolute Gasteiger partial charge is 0.325 e. The van der Waals surface area contributed by atoms with Crippen LogP contribution in [0, 0.1) is 12.8 Å². The number of hydrogen-bond acceptors (Lipinski definition) is 3. The van der Waals surface area contributed by atoms with Gasteiger partial charge in [-0.1, -0.05) is 0 Å². The zero-order valence-electron chi connectivity index (χ0n) is 11.3. The zero-order valence-corrected chi connectivity index (χ0v) is 11.3. The number of rotatable bonds is 4. The van der Waals surface area contributed by atoms with Crippen LogP contribution >= 0.6 is 0 Å². The fraction of sp³-hybridized carbons (Fsp3) is 0.615. The number of amides is 1. The first-order chi connectivity index (χ1) is 9.28. The lowest BCUT2D eigenvalue weighted by Gasteiger charge is -2.29. The van der Waals surface area contributed by atoms with E-state index in [0.717, 1.165) is 17.7 Å². The molecule has 0 spiro atoms. The predicted molar refractivity (Wildman–Crippen MR) is 66.0 cm³/mol. The number of carbonyl (C=O) groups excluding carboxylic acids is 1. The summed E-state index contributed by atoms with van der Waals surface area (Å²) in [6, 6.07) is -0.438. The van der Waals surface area contributed by atoms with Gasteiger partial charge < -0.3 is 4.90 Å². The standard InChI is InChI=1S/C13H16F3N3O/c1-8-5-18-11(6-17-8)12(20)19(7-13(14,15)16)9(2)10-3-4-10/h5-6,9-10H,3-4,7H2,1-2H3/t9-/m1/s1. The summed E-state index contributed by atoms with van der Waals surface area (Å²) in [5.74, 6) is -0.561. The van der Waals surface area contributed by atoms with Crippen LogP contribution in [0.15, 0.2) is 12.4 Å². The number of hydrogen-bond donors (Lipinski definition) is 0. The second kappa shape index (κ2) is 5.38. The van der Waals surface area contributed by atoms with Crippen LogP contribution in [0.5, 0.6) is 0 Å². The van der Waals surface area contributed by atoms with E-state index in [1.54, 1.807) is 13.8 Å². The Kier molecular flexibility index (Phi) is 3.96. The highest BCUT2D eigenvalue weighted by atomic mass is 19.4. The zero-order chi connectivity index (χ0) is 14.9. The van der Waals surface area contributed by atoms with Crippen molar-refractivity contribution in [3.05, 3.63) is 23.8 Å². The maximum absolute atomic E-state index is 12.7. The summed E-state index contributed by atoms with van der Waals surface area (Å²) in [6.45, 7) is 2.10. The van der Waals surface area contributed by atoms with Gasteiger partial charge in [-0.2, -0.15) is 13.2 Å². The first-order valence-electron chi connectivity index (χ1n) is 6.44. The lowest BCUT2D eigenvalue weighted by molar-refractivity contribution is -0.144. The van der Waals surface area contributed by atoms with Gasteiger partial charge in [-0.3, -0.25) is 9.78 Å². The molecule has 110 valence electrons. The molecule has 0 aliphatic heterocycles. The Hall–Kier alpha value is -1.66. The largest absolute Gasteiger partial charge is 0.406 e. The van der Waals surface area contributed by atoms with E-state index < -0.39 is 24.7 Å². The topological polar surface area (TPSA) is 46.1 Å². The summed E-state index contributed by atoms with van der Waals surface area (Å²) < 4.78 is 38.0. The molecule has 1 fully saturated rings. The minimum atomic E-state index is -4.42. The van der Waals surface area contributed by atoms with Gasteiger partial charge in [0, 0.05) is 12.2 Å². The van der Waals surface area contributed by atoms with Crippen molar-refractivity contribution in [1.29, 1.82) is 0 Å². The molecule has 0 unspecified atom stereocenters. The molecule has 1 atom stereocenters. The van der Waals surface area contributed by atoms with E-state index in [-0.39, 0.29) is 11.6 Å². The van der Waals surface area contributed by atoms with Gasteiger partial charge in [-0.15, -0.1) is 0 Å². The number of nitrogens with zero attached hydrogens (tertiary/aromatic N) is 3. The van der Waals surface area contributed by atoms with Crippen molar-refractivity contribution in [2.75, 3.05) is 6.54 Å². The van der Waals surface area contributed by atoms with Crippen molar-refractivity contribution in [3.63, 3.8) is 0 Å². The van der Waals surface area contributed by atoms with Crippen LogP contribution in [0.3, 0.4) is 0 Å². The molecule has 1 aliphatic rings. The third-order valence-corrected chi connectivity index (χ3v) is 3.41. The molecule has 4 nitrogen and oxygen atoms in total. The van der Waals surface area contributed by atoms with Crippen LogP contribution in [0.25, 0.3) is 0 Å². The van der Waals surface area contributed by atoms with Crippen LogP contribution in [-0.2, 0) is 0 Å². The molecule has 1 saturated carbocycles. The maximum atomic E-state index is 12.7. The summed E-state index contributed by atoms with van der Waals surface area (Å²) >= 11 is 0. The summed E-state index contributed by atoms with van der Waals surface area (Å²) in [5.41, 5.74) is 0.562. The van der Waals surface area contributed by atoms with Gasteiger partial charge in [-0.25, -0.2) is 4.98 Å². The van der Waals surface area contributed by atoms with Crippen molar-refractivity contribution in [2.45, 2.75) is 38.9 Å². The summed E-state index contributed by atoms with van der Waals surface area (Å²) in [7, 11) is 0. The molecule has 2 rings (SSSR count). The van der Waals surface area contributed by atoms with Crippen LogP contribution in [0.1, 0.15) is 35.9 Å². The fourth-order valence-electron chi connectivity index (χ4n) is 2.08. The van der Waals surface area contributed by atoms with E-state index in [2.05, 4.69) is 9.97 Å². The molecule has 7 heteroatoms. The van der Waals surface area contributed by atoms with E-state index >= 15 is 0 Å². The lowest BCUT2D eigenvalue weighted by Crippen LogP contribution is -2.45. The molecule has 1 heterocycles. The number of halogens is 3. The molecule has 1 amide bonds. The minimum Gasteiger partial charge on any atom is -0.325 e. The fourth-order valence-corrected chi connectivity index (χ4v) is 2.08. The van der Waals surface area contributed by atoms with Gasteiger partial charge in [0.05, 0.1) is 11.9 Å². The van der Waals surface area contributed by atoms with Gasteiger partial charge in [0.15, 0.2) is 0 Å². The van der Waals surface area contributed by atoms with Crippen LogP contribution < -0.4 is 0 Å². The molecule has 20 heavy (non-hydrogen) atoms. The molecule has 0 aromatic carbocycles. The Morgan fingerprint density at radius 2 is 2.05 bits per heavy atom. The minimum absolute atomic E-state index is 0.0488. The summed E-state index contributed by atoms with van der Waals surface area (Å²) in [4.78, 5) is 20.9. The first kappa shape index (κ1) is 14.7. The number of aromatic nitrogens is 2. The Morgan fingerprint density at radius 3 is 2.50 bits per heavy atom. The lowest BCUT2D eigenvalue weighted by atomic mass is 10.1. The van der Waals surface area contributed by atoms with E-state index in [9.17, 15) is 18.0 Å². The predicted octanol–water partition coefficient (Wildman–Crippen LogP) is 2.59. The number of aryl methyl sites for hydroxylation is 1. The van der Waals surface area contributed by atoms with Crippen LogP contribution in [0.2, 0.25) is 0 Å². The monoisotopic (exact) mass is 287 g/mol. The van der Waals surface area contributed by atoms with Crippen molar-refractivity contribution < 1.29 is 18.0 Å². The van der Waals surface area contributed by atoms with Crippen molar-refractivity contribution in [1.82, 2.24) is 14.9 Å². The summed E-state index contributed by atoms with van der Waals surface area (Å²) in [6.07, 6.45) is -0.0941. The number of alkyl halides is 3. The highest BCUT2D eigenvalue weighted by molar-refractivity contribution is 5.92. The SMILES string of the molecule is Cc1cnc(C(=O)N(CC(F)(F)F)[C@H](C)C2CC2)cn1. The van der Waals surface area contributed by atoms with E-state index in [1.807, 2.05) is 0 Å². The molecule has 1 aromatic rings. The van der Waals surface area contributed by atoms with E-state index in [1.165, 1.54) is 12.4 Å². The van der Waals surface area contributed by atoms with Crippen molar-refractivity contribution in [2.24, 2.45) is 5.92 Å². The Balaban J connectivity index is 2.20. The highest BCUT2D eigenvalue weighted by Gasteiger charge is 2.41. The van der Waals surface area contributed by atoms with Gasteiger partial charge in [-0.05, 0) is 32.6 Å². The quantitative estimate of drug-likeness (QED) is 0.855.